The molecule has 0 saturated carbocycles. The van der Waals surface area contributed by atoms with Crippen molar-refractivity contribution >= 4 is 17.5 Å². The monoisotopic (exact) mass is 364 g/mol. The molecule has 0 bridgehead atoms. The van der Waals surface area contributed by atoms with Gasteiger partial charge < -0.3 is 5.11 Å². The highest BCUT2D eigenvalue weighted by molar-refractivity contribution is 8.04. The van der Waals surface area contributed by atoms with E-state index >= 15 is 0 Å². The van der Waals surface area contributed by atoms with Crippen LogP contribution < -0.4 is 0 Å². The molecule has 1 unspecified atom stereocenters. The van der Waals surface area contributed by atoms with Crippen molar-refractivity contribution in [3.05, 3.63) is 76.4 Å². The number of allylic oxidation sites excluding steroid dienone is 2. The molecule has 130 valence electrons. The minimum atomic E-state index is -4.44. The molecule has 2 aromatic carbocycles. The summed E-state index contributed by atoms with van der Waals surface area (Å²) in [6.45, 7) is 0. The summed E-state index contributed by atoms with van der Waals surface area (Å²) in [7, 11) is 0. The molecule has 1 N–H and O–H groups in total. The molecule has 6 heteroatoms. The summed E-state index contributed by atoms with van der Waals surface area (Å²) in [5, 5.41) is 10.3. The highest BCUT2D eigenvalue weighted by Gasteiger charge is 2.32. The van der Waals surface area contributed by atoms with Crippen LogP contribution in [0.1, 0.15) is 29.9 Å². The number of carbonyl (C=O) groups is 1. The Balaban J connectivity index is 1.82. The molecular weight excluding hydrogens is 349 g/mol. The van der Waals surface area contributed by atoms with Gasteiger partial charge in [0.1, 0.15) is 5.76 Å². The van der Waals surface area contributed by atoms with Gasteiger partial charge >= 0.3 is 6.18 Å². The number of hydrogen-bond acceptors (Lipinski definition) is 3. The van der Waals surface area contributed by atoms with E-state index in [1.807, 2.05) is 30.3 Å². The van der Waals surface area contributed by atoms with Gasteiger partial charge in [0.2, 0.25) is 0 Å². The van der Waals surface area contributed by atoms with Gasteiger partial charge in [-0.1, -0.05) is 48.2 Å². The smallest absolute Gasteiger partial charge is 0.416 e. The van der Waals surface area contributed by atoms with Crippen LogP contribution in [0.3, 0.4) is 0 Å². The molecule has 1 aliphatic carbocycles. The molecule has 1 aliphatic rings. The fourth-order valence-corrected chi connectivity index (χ4v) is 3.77. The topological polar surface area (TPSA) is 37.3 Å². The number of Topliss-reactive ketones (excluding diaryl/α,β-unsaturated/α-hetero) is 1. The van der Waals surface area contributed by atoms with Crippen molar-refractivity contribution in [2.75, 3.05) is 0 Å². The molecule has 0 saturated heterocycles. The maximum Gasteiger partial charge on any atom is 0.416 e. The Morgan fingerprint density at radius 3 is 2.36 bits per heavy atom. The summed E-state index contributed by atoms with van der Waals surface area (Å²) >= 11 is 0.888. The Morgan fingerprint density at radius 1 is 1.00 bits per heavy atom. The lowest BCUT2D eigenvalue weighted by Crippen LogP contribution is -2.17. The lowest BCUT2D eigenvalue weighted by Gasteiger charge is -2.23. The second-order valence-corrected chi connectivity index (χ2v) is 6.93. The van der Waals surface area contributed by atoms with E-state index < -0.39 is 11.7 Å². The summed E-state index contributed by atoms with van der Waals surface area (Å²) in [6, 6.07) is 14.2. The Bertz CT molecular complexity index is 813. The van der Waals surface area contributed by atoms with Gasteiger partial charge in [-0.15, -0.1) is 0 Å². The summed E-state index contributed by atoms with van der Waals surface area (Å²) in [5.74, 6) is -0.424. The van der Waals surface area contributed by atoms with E-state index in [0.29, 0.717) is 6.42 Å². The maximum absolute atomic E-state index is 12.8. The van der Waals surface area contributed by atoms with E-state index in [1.165, 1.54) is 12.1 Å². The zero-order chi connectivity index (χ0) is 18.0. The Hall–Kier alpha value is -2.21. The highest BCUT2D eigenvalue weighted by Crippen LogP contribution is 2.41. The lowest BCUT2D eigenvalue weighted by molar-refractivity contribution is -0.137. The van der Waals surface area contributed by atoms with Gasteiger partial charge in [-0.3, -0.25) is 4.79 Å². The zero-order valence-corrected chi connectivity index (χ0v) is 13.9. The molecule has 0 heterocycles. The Kier molecular flexibility index (Phi) is 4.90. The number of thioether (sulfide) groups is 1. The fraction of sp³-hybridized carbons (Fsp3) is 0.211. The molecule has 0 aromatic heterocycles. The highest BCUT2D eigenvalue weighted by atomic mass is 32.2. The molecule has 1 atom stereocenters. The van der Waals surface area contributed by atoms with Crippen molar-refractivity contribution in [2.45, 2.75) is 29.8 Å². The fourth-order valence-electron chi connectivity index (χ4n) is 2.81. The SMILES string of the molecule is O=C1CC(c2ccccc2)CC(O)=C1Sc1cccc(C(F)(F)F)c1. The van der Waals surface area contributed by atoms with E-state index in [2.05, 4.69) is 0 Å². The van der Waals surface area contributed by atoms with E-state index in [1.54, 1.807) is 0 Å². The molecular formula is C19H15F3O2S. The van der Waals surface area contributed by atoms with Crippen LogP contribution in [0, 0.1) is 0 Å². The predicted molar refractivity (Wildman–Crippen MR) is 90.4 cm³/mol. The van der Waals surface area contributed by atoms with E-state index in [4.69, 9.17) is 0 Å². The normalized spacial score (nSPS) is 18.5. The first-order chi connectivity index (χ1) is 11.8. The first-order valence-electron chi connectivity index (χ1n) is 7.70. The molecule has 25 heavy (non-hydrogen) atoms. The van der Waals surface area contributed by atoms with Gasteiger partial charge in [-0.2, -0.15) is 13.2 Å². The molecule has 2 nitrogen and oxygen atoms in total. The number of carbonyl (C=O) groups excluding carboxylic acids is 1. The third-order valence-corrected chi connectivity index (χ3v) is 5.20. The first-order valence-corrected chi connectivity index (χ1v) is 8.51. The lowest BCUT2D eigenvalue weighted by atomic mass is 9.86. The van der Waals surface area contributed by atoms with Crippen LogP contribution in [-0.2, 0) is 11.0 Å². The van der Waals surface area contributed by atoms with Crippen LogP contribution in [0.5, 0.6) is 0 Å². The number of alkyl halides is 3. The van der Waals surface area contributed by atoms with E-state index in [0.717, 1.165) is 29.5 Å². The van der Waals surface area contributed by atoms with Crippen molar-refractivity contribution in [3.8, 4) is 0 Å². The molecule has 0 spiro atoms. The van der Waals surface area contributed by atoms with Gasteiger partial charge in [0, 0.05) is 17.7 Å². The molecule has 0 amide bonds. The van der Waals surface area contributed by atoms with Crippen LogP contribution in [0.25, 0.3) is 0 Å². The van der Waals surface area contributed by atoms with Crippen molar-refractivity contribution in [1.29, 1.82) is 0 Å². The molecule has 0 fully saturated rings. The minimum absolute atomic E-state index is 0.0625. The molecule has 0 aliphatic heterocycles. The van der Waals surface area contributed by atoms with Crippen LogP contribution in [0.2, 0.25) is 0 Å². The maximum atomic E-state index is 12.8. The molecule has 0 radical (unpaired) electrons. The van der Waals surface area contributed by atoms with Gasteiger partial charge in [-0.25, -0.2) is 0 Å². The summed E-state index contributed by atoms with van der Waals surface area (Å²) < 4.78 is 38.4. The third kappa shape index (κ3) is 4.07. The number of hydrogen-bond donors (Lipinski definition) is 1. The summed E-state index contributed by atoms with van der Waals surface area (Å²) in [4.78, 5) is 12.8. The Labute approximate surface area is 147 Å². The second-order valence-electron chi connectivity index (χ2n) is 5.84. The summed E-state index contributed by atoms with van der Waals surface area (Å²) in [5.41, 5.74) is 0.188. The van der Waals surface area contributed by atoms with Crippen molar-refractivity contribution in [3.63, 3.8) is 0 Å². The number of ketones is 1. The van der Waals surface area contributed by atoms with Crippen molar-refractivity contribution in [1.82, 2.24) is 0 Å². The summed E-state index contributed by atoms with van der Waals surface area (Å²) in [6.07, 6.45) is -3.91. The largest absolute Gasteiger partial charge is 0.511 e. The van der Waals surface area contributed by atoms with Crippen LogP contribution in [-0.4, -0.2) is 10.9 Å². The van der Waals surface area contributed by atoms with Gasteiger partial charge in [-0.05, 0) is 29.7 Å². The first kappa shape index (κ1) is 17.6. The zero-order valence-electron chi connectivity index (χ0n) is 13.1. The number of benzene rings is 2. The third-order valence-electron chi connectivity index (χ3n) is 4.04. The van der Waals surface area contributed by atoms with Gasteiger partial charge in [0.05, 0.1) is 10.5 Å². The number of halogens is 3. The predicted octanol–water partition coefficient (Wildman–Crippen LogP) is 5.71. The standard InChI is InChI=1S/C19H15F3O2S/c20-19(21,22)14-7-4-8-15(11-14)25-18-16(23)9-13(10-17(18)24)12-5-2-1-3-6-12/h1-8,11,13,23H,9-10H2. The number of aliphatic hydroxyl groups is 1. The van der Waals surface area contributed by atoms with E-state index in [9.17, 15) is 23.1 Å². The van der Waals surface area contributed by atoms with Crippen LogP contribution >= 0.6 is 11.8 Å². The van der Waals surface area contributed by atoms with E-state index in [-0.39, 0.29) is 33.7 Å². The average Bonchev–Trinajstić information content (AvgIpc) is 2.58. The minimum Gasteiger partial charge on any atom is -0.511 e. The van der Waals surface area contributed by atoms with Crippen LogP contribution in [0.15, 0.2) is 70.2 Å². The molecule has 3 rings (SSSR count). The number of aliphatic hydroxyl groups excluding tert-OH is 1. The quantitative estimate of drug-likeness (QED) is 0.757. The average molecular weight is 364 g/mol. The van der Waals surface area contributed by atoms with Gasteiger partial charge in [0.15, 0.2) is 5.78 Å². The van der Waals surface area contributed by atoms with Crippen LogP contribution in [0.4, 0.5) is 13.2 Å². The Morgan fingerprint density at radius 2 is 1.72 bits per heavy atom. The molecule has 2 aromatic rings. The van der Waals surface area contributed by atoms with Crippen molar-refractivity contribution < 1.29 is 23.1 Å². The van der Waals surface area contributed by atoms with Crippen molar-refractivity contribution in [2.24, 2.45) is 0 Å². The number of rotatable bonds is 3. The second kappa shape index (κ2) is 6.96. The van der Waals surface area contributed by atoms with Gasteiger partial charge in [0.25, 0.3) is 0 Å².